The molecule has 0 aromatic rings. The zero-order chi connectivity index (χ0) is 14.3. The molecule has 0 aliphatic carbocycles. The third kappa shape index (κ3) is 5.26. The number of piperidine rings is 1. The van der Waals surface area contributed by atoms with Gasteiger partial charge in [-0.3, -0.25) is 14.5 Å². The summed E-state index contributed by atoms with van der Waals surface area (Å²) in [6.45, 7) is 1.45. The lowest BCUT2D eigenvalue weighted by Crippen LogP contribution is -2.46. The molecule has 1 rings (SSSR count). The molecule has 0 aromatic heterocycles. The van der Waals surface area contributed by atoms with Crippen LogP contribution < -0.4 is 0 Å². The van der Waals surface area contributed by atoms with E-state index in [0.717, 1.165) is 25.8 Å². The van der Waals surface area contributed by atoms with Gasteiger partial charge in [-0.2, -0.15) is 5.26 Å². The van der Waals surface area contributed by atoms with Crippen molar-refractivity contribution in [2.75, 3.05) is 26.7 Å². The third-order valence-electron chi connectivity index (χ3n) is 3.48. The van der Waals surface area contributed by atoms with Crippen LogP contribution in [-0.2, 0) is 9.59 Å². The first-order valence-corrected chi connectivity index (χ1v) is 6.61. The van der Waals surface area contributed by atoms with E-state index in [4.69, 9.17) is 10.4 Å². The fraction of sp³-hybridized carbons (Fsp3) is 0.769. The molecular formula is C13H21N3O3. The molecule has 6 heteroatoms. The van der Waals surface area contributed by atoms with Crippen molar-refractivity contribution in [3.63, 3.8) is 0 Å². The molecule has 0 spiro atoms. The van der Waals surface area contributed by atoms with E-state index in [2.05, 4.69) is 0 Å². The van der Waals surface area contributed by atoms with Gasteiger partial charge in [-0.1, -0.05) is 6.42 Å². The molecule has 106 valence electrons. The summed E-state index contributed by atoms with van der Waals surface area (Å²) >= 11 is 0. The number of nitrogens with zero attached hydrogens (tertiary/aromatic N) is 3. The molecule has 1 heterocycles. The van der Waals surface area contributed by atoms with E-state index in [1.165, 1.54) is 4.90 Å². The number of hydrogen-bond acceptors (Lipinski definition) is 4. The molecule has 1 amide bonds. The first-order chi connectivity index (χ1) is 9.04. The van der Waals surface area contributed by atoms with Gasteiger partial charge < -0.3 is 10.0 Å². The highest BCUT2D eigenvalue weighted by molar-refractivity contribution is 5.78. The molecular weight excluding hydrogens is 246 g/mol. The summed E-state index contributed by atoms with van der Waals surface area (Å²) in [6.07, 6.45) is 3.27. The molecule has 1 atom stereocenters. The van der Waals surface area contributed by atoms with E-state index < -0.39 is 5.97 Å². The Kier molecular flexibility index (Phi) is 6.30. The number of likely N-dealkylation sites (N-methyl/N-ethyl adjacent to an activating group) is 1. The van der Waals surface area contributed by atoms with Gasteiger partial charge in [-0.05, 0) is 19.4 Å². The Labute approximate surface area is 113 Å². The maximum atomic E-state index is 12.0. The van der Waals surface area contributed by atoms with Crippen LogP contribution in [0.25, 0.3) is 0 Å². The van der Waals surface area contributed by atoms with Gasteiger partial charge in [0.2, 0.25) is 5.91 Å². The minimum absolute atomic E-state index is 0.0421. The van der Waals surface area contributed by atoms with Crippen molar-refractivity contribution in [1.29, 1.82) is 5.26 Å². The van der Waals surface area contributed by atoms with Gasteiger partial charge in [0.1, 0.15) is 0 Å². The van der Waals surface area contributed by atoms with Gasteiger partial charge in [-0.25, -0.2) is 0 Å². The molecule has 0 bridgehead atoms. The number of carboxylic acid groups (broad SMARTS) is 1. The van der Waals surface area contributed by atoms with Gasteiger partial charge in [-0.15, -0.1) is 0 Å². The predicted octanol–water partition coefficient (Wildman–Crippen LogP) is 0.688. The SMILES string of the molecule is CN(CCC#N)C(=O)CN1CCCCC1CC(=O)O. The predicted molar refractivity (Wildman–Crippen MR) is 69.3 cm³/mol. The second-order valence-corrected chi connectivity index (χ2v) is 4.94. The number of nitriles is 1. The number of carboxylic acids is 1. The van der Waals surface area contributed by atoms with Crippen molar-refractivity contribution in [2.45, 2.75) is 38.1 Å². The van der Waals surface area contributed by atoms with Gasteiger partial charge in [0.15, 0.2) is 0 Å². The summed E-state index contributed by atoms with van der Waals surface area (Å²) in [7, 11) is 1.68. The monoisotopic (exact) mass is 267 g/mol. The largest absolute Gasteiger partial charge is 0.481 e. The maximum absolute atomic E-state index is 12.0. The molecule has 1 aliphatic heterocycles. The molecule has 1 fully saturated rings. The average Bonchev–Trinajstić information content (AvgIpc) is 2.37. The number of likely N-dealkylation sites (tertiary alicyclic amines) is 1. The van der Waals surface area contributed by atoms with Crippen LogP contribution in [0.1, 0.15) is 32.1 Å². The minimum atomic E-state index is -0.817. The number of rotatable bonds is 6. The third-order valence-corrected chi connectivity index (χ3v) is 3.48. The maximum Gasteiger partial charge on any atom is 0.304 e. The summed E-state index contributed by atoms with van der Waals surface area (Å²) in [5, 5.41) is 17.4. The number of aliphatic carboxylic acids is 1. The quantitative estimate of drug-likeness (QED) is 0.765. The molecule has 19 heavy (non-hydrogen) atoms. The topological polar surface area (TPSA) is 84.6 Å². The van der Waals surface area contributed by atoms with E-state index in [1.807, 2.05) is 11.0 Å². The lowest BCUT2D eigenvalue weighted by molar-refractivity contribution is -0.140. The number of carbonyl (C=O) groups is 2. The van der Waals surface area contributed by atoms with E-state index >= 15 is 0 Å². The minimum Gasteiger partial charge on any atom is -0.481 e. The van der Waals surface area contributed by atoms with E-state index in [0.29, 0.717) is 13.0 Å². The van der Waals surface area contributed by atoms with Crippen LogP contribution in [0.4, 0.5) is 0 Å². The standard InChI is InChI=1S/C13H21N3O3/c1-15(7-4-6-14)12(17)10-16-8-3-2-5-11(16)9-13(18)19/h11H,2-5,7-10H2,1H3,(H,18,19). The van der Waals surface area contributed by atoms with Crippen LogP contribution in [0.5, 0.6) is 0 Å². The lowest BCUT2D eigenvalue weighted by Gasteiger charge is -2.35. The van der Waals surface area contributed by atoms with Crippen LogP contribution in [0.2, 0.25) is 0 Å². The number of amides is 1. The Morgan fingerprint density at radius 3 is 2.84 bits per heavy atom. The number of hydrogen-bond donors (Lipinski definition) is 1. The molecule has 0 aromatic carbocycles. The number of carbonyl (C=O) groups excluding carboxylic acids is 1. The Hall–Kier alpha value is -1.61. The Morgan fingerprint density at radius 2 is 2.21 bits per heavy atom. The zero-order valence-electron chi connectivity index (χ0n) is 11.3. The second-order valence-electron chi connectivity index (χ2n) is 4.94. The fourth-order valence-electron chi connectivity index (χ4n) is 2.34. The van der Waals surface area contributed by atoms with Crippen molar-refractivity contribution in [3.8, 4) is 6.07 Å². The highest BCUT2D eigenvalue weighted by Crippen LogP contribution is 2.19. The van der Waals surface area contributed by atoms with E-state index in [1.54, 1.807) is 7.05 Å². The first-order valence-electron chi connectivity index (χ1n) is 6.61. The first kappa shape index (κ1) is 15.4. The summed E-state index contributed by atoms with van der Waals surface area (Å²) < 4.78 is 0. The van der Waals surface area contributed by atoms with Gasteiger partial charge in [0.05, 0.1) is 25.5 Å². The van der Waals surface area contributed by atoms with Crippen LogP contribution >= 0.6 is 0 Å². The molecule has 1 saturated heterocycles. The van der Waals surface area contributed by atoms with Crippen LogP contribution in [0.15, 0.2) is 0 Å². The van der Waals surface area contributed by atoms with Crippen LogP contribution in [0, 0.1) is 11.3 Å². The van der Waals surface area contributed by atoms with Crippen molar-refractivity contribution in [3.05, 3.63) is 0 Å². The van der Waals surface area contributed by atoms with Crippen molar-refractivity contribution in [2.24, 2.45) is 0 Å². The van der Waals surface area contributed by atoms with Gasteiger partial charge in [0, 0.05) is 19.6 Å². The molecule has 1 aliphatic rings. The summed E-state index contributed by atoms with van der Waals surface area (Å²) in [4.78, 5) is 26.3. The van der Waals surface area contributed by atoms with Gasteiger partial charge >= 0.3 is 5.97 Å². The summed E-state index contributed by atoms with van der Waals surface area (Å²) in [5.41, 5.74) is 0. The fourth-order valence-corrected chi connectivity index (χ4v) is 2.34. The van der Waals surface area contributed by atoms with E-state index in [-0.39, 0.29) is 24.9 Å². The second kappa shape index (κ2) is 7.74. The van der Waals surface area contributed by atoms with Crippen molar-refractivity contribution in [1.82, 2.24) is 9.80 Å². The zero-order valence-corrected chi connectivity index (χ0v) is 11.3. The summed E-state index contributed by atoms with van der Waals surface area (Å²) in [5.74, 6) is -0.866. The highest BCUT2D eigenvalue weighted by Gasteiger charge is 2.26. The molecule has 6 nitrogen and oxygen atoms in total. The Bertz CT molecular complexity index is 365. The van der Waals surface area contributed by atoms with E-state index in [9.17, 15) is 9.59 Å². The molecule has 1 unspecified atom stereocenters. The van der Waals surface area contributed by atoms with Crippen molar-refractivity contribution < 1.29 is 14.7 Å². The summed E-state index contributed by atoms with van der Waals surface area (Å²) in [6, 6.07) is 1.96. The Morgan fingerprint density at radius 1 is 1.47 bits per heavy atom. The Balaban J connectivity index is 2.49. The lowest BCUT2D eigenvalue weighted by atomic mass is 9.99. The normalized spacial score (nSPS) is 19.7. The van der Waals surface area contributed by atoms with Gasteiger partial charge in [0.25, 0.3) is 0 Å². The average molecular weight is 267 g/mol. The van der Waals surface area contributed by atoms with Crippen LogP contribution in [-0.4, -0.2) is 59.5 Å². The smallest absolute Gasteiger partial charge is 0.304 e. The molecule has 1 N–H and O–H groups in total. The van der Waals surface area contributed by atoms with Crippen LogP contribution in [0.3, 0.4) is 0 Å². The molecule has 0 radical (unpaired) electrons. The highest BCUT2D eigenvalue weighted by atomic mass is 16.4. The molecule has 0 saturated carbocycles. The van der Waals surface area contributed by atoms with Crippen molar-refractivity contribution >= 4 is 11.9 Å².